The first kappa shape index (κ1) is 15.6. The standard InChI is InChI=1S/C11H17ClN4O3/c1-7(2)19-6-5-15(4)10-9(16(17)18)8(3)13-11(12)14-10/h7H,5-6H2,1-4H3. The van der Waals surface area contributed by atoms with Gasteiger partial charge in [0.05, 0.1) is 17.6 Å². The molecule has 0 radical (unpaired) electrons. The van der Waals surface area contributed by atoms with Gasteiger partial charge in [-0.05, 0) is 32.4 Å². The highest BCUT2D eigenvalue weighted by atomic mass is 35.5. The molecular formula is C11H17ClN4O3. The molecule has 0 unspecified atom stereocenters. The Morgan fingerprint density at radius 3 is 2.63 bits per heavy atom. The number of nitro groups is 1. The van der Waals surface area contributed by atoms with Crippen molar-refractivity contribution in [2.45, 2.75) is 26.9 Å². The summed E-state index contributed by atoms with van der Waals surface area (Å²) in [6.07, 6.45) is 0.110. The van der Waals surface area contributed by atoms with E-state index in [9.17, 15) is 10.1 Å². The van der Waals surface area contributed by atoms with Crippen LogP contribution in [0.25, 0.3) is 0 Å². The number of rotatable bonds is 6. The molecule has 0 saturated carbocycles. The van der Waals surface area contributed by atoms with Crippen LogP contribution in [0.5, 0.6) is 0 Å². The summed E-state index contributed by atoms with van der Waals surface area (Å²) in [5.41, 5.74) is 0.119. The van der Waals surface area contributed by atoms with Gasteiger partial charge in [-0.1, -0.05) is 0 Å². The van der Waals surface area contributed by atoms with Crippen LogP contribution in [0, 0.1) is 17.0 Å². The van der Waals surface area contributed by atoms with Gasteiger partial charge in [-0.3, -0.25) is 10.1 Å². The fourth-order valence-corrected chi connectivity index (χ4v) is 1.74. The zero-order valence-electron chi connectivity index (χ0n) is 11.4. The number of likely N-dealkylation sites (N-methyl/N-ethyl adjacent to an activating group) is 1. The maximum Gasteiger partial charge on any atom is 0.332 e. The van der Waals surface area contributed by atoms with E-state index in [-0.39, 0.29) is 28.6 Å². The topological polar surface area (TPSA) is 81.4 Å². The number of ether oxygens (including phenoxy) is 1. The summed E-state index contributed by atoms with van der Waals surface area (Å²) < 4.78 is 5.41. The minimum absolute atomic E-state index is 0.00488. The second-order valence-corrected chi connectivity index (χ2v) is 4.69. The molecule has 0 N–H and O–H groups in total. The molecule has 1 rings (SSSR count). The van der Waals surface area contributed by atoms with Crippen LogP contribution in [0.3, 0.4) is 0 Å². The highest BCUT2D eigenvalue weighted by Crippen LogP contribution is 2.28. The molecule has 19 heavy (non-hydrogen) atoms. The molecule has 0 aliphatic rings. The van der Waals surface area contributed by atoms with E-state index in [1.54, 1.807) is 11.9 Å². The van der Waals surface area contributed by atoms with Crippen molar-refractivity contribution in [3.05, 3.63) is 21.1 Å². The van der Waals surface area contributed by atoms with Crippen molar-refractivity contribution < 1.29 is 9.66 Å². The Balaban J connectivity index is 2.94. The summed E-state index contributed by atoms with van der Waals surface area (Å²) in [4.78, 5) is 19.9. The van der Waals surface area contributed by atoms with Crippen molar-refractivity contribution in [3.63, 3.8) is 0 Å². The third-order valence-electron chi connectivity index (χ3n) is 2.43. The molecule has 0 spiro atoms. The normalized spacial score (nSPS) is 10.8. The van der Waals surface area contributed by atoms with E-state index < -0.39 is 4.92 Å². The average molecular weight is 289 g/mol. The molecule has 106 valence electrons. The molecule has 1 heterocycles. The fraction of sp³-hybridized carbons (Fsp3) is 0.636. The number of hydrogen-bond acceptors (Lipinski definition) is 6. The Kier molecular flexibility index (Phi) is 5.44. The van der Waals surface area contributed by atoms with Crippen LogP contribution in [0.1, 0.15) is 19.5 Å². The van der Waals surface area contributed by atoms with Crippen LogP contribution in [-0.4, -0.2) is 41.2 Å². The van der Waals surface area contributed by atoms with Gasteiger partial charge < -0.3 is 9.64 Å². The molecule has 1 aromatic heterocycles. The van der Waals surface area contributed by atoms with E-state index in [1.807, 2.05) is 13.8 Å². The SMILES string of the molecule is Cc1nc(Cl)nc(N(C)CCOC(C)C)c1[N+](=O)[O-]. The van der Waals surface area contributed by atoms with Crippen LogP contribution in [0.2, 0.25) is 5.28 Å². The maximum absolute atomic E-state index is 11.1. The Hall–Kier alpha value is -1.47. The zero-order chi connectivity index (χ0) is 14.6. The van der Waals surface area contributed by atoms with E-state index >= 15 is 0 Å². The van der Waals surface area contributed by atoms with Gasteiger partial charge in [0, 0.05) is 13.6 Å². The first-order valence-corrected chi connectivity index (χ1v) is 6.22. The van der Waals surface area contributed by atoms with Gasteiger partial charge in [0.1, 0.15) is 5.69 Å². The summed E-state index contributed by atoms with van der Waals surface area (Å²) >= 11 is 5.75. The molecule has 0 amide bonds. The molecule has 8 heteroatoms. The predicted octanol–water partition coefficient (Wildman–Crippen LogP) is 2.21. The van der Waals surface area contributed by atoms with Gasteiger partial charge >= 0.3 is 5.69 Å². The Morgan fingerprint density at radius 2 is 2.11 bits per heavy atom. The van der Waals surface area contributed by atoms with Crippen molar-refractivity contribution in [3.8, 4) is 0 Å². The molecule has 1 aromatic rings. The molecule has 7 nitrogen and oxygen atoms in total. The second kappa shape index (κ2) is 6.63. The van der Waals surface area contributed by atoms with E-state index in [4.69, 9.17) is 16.3 Å². The van der Waals surface area contributed by atoms with Gasteiger partial charge in [0.15, 0.2) is 0 Å². The third kappa shape index (κ3) is 4.29. The lowest BCUT2D eigenvalue weighted by atomic mass is 10.3. The van der Waals surface area contributed by atoms with Gasteiger partial charge in [-0.2, -0.15) is 4.98 Å². The van der Waals surface area contributed by atoms with Crippen molar-refractivity contribution in [2.75, 3.05) is 25.1 Å². The third-order valence-corrected chi connectivity index (χ3v) is 2.60. The summed E-state index contributed by atoms with van der Waals surface area (Å²) in [6, 6.07) is 0. The molecule has 0 aliphatic heterocycles. The number of aryl methyl sites for hydroxylation is 1. The number of halogens is 1. The average Bonchev–Trinajstić information content (AvgIpc) is 2.26. The predicted molar refractivity (Wildman–Crippen MR) is 72.8 cm³/mol. The van der Waals surface area contributed by atoms with E-state index in [0.29, 0.717) is 13.2 Å². The number of hydrogen-bond donors (Lipinski definition) is 0. The molecule has 0 fully saturated rings. The number of aromatic nitrogens is 2. The lowest BCUT2D eigenvalue weighted by molar-refractivity contribution is -0.385. The largest absolute Gasteiger partial charge is 0.377 e. The van der Waals surface area contributed by atoms with Gasteiger partial charge in [0.2, 0.25) is 11.1 Å². The van der Waals surface area contributed by atoms with Gasteiger partial charge in [0.25, 0.3) is 0 Å². The molecular weight excluding hydrogens is 272 g/mol. The fourth-order valence-electron chi connectivity index (χ4n) is 1.53. The van der Waals surface area contributed by atoms with Crippen LogP contribution in [-0.2, 0) is 4.74 Å². The quantitative estimate of drug-likeness (QED) is 0.453. The first-order valence-electron chi connectivity index (χ1n) is 5.84. The molecule has 0 aliphatic carbocycles. The minimum atomic E-state index is -0.499. The second-order valence-electron chi connectivity index (χ2n) is 4.35. The Labute approximate surface area is 116 Å². The first-order chi connectivity index (χ1) is 8.82. The van der Waals surface area contributed by atoms with Crippen LogP contribution in [0.4, 0.5) is 11.5 Å². The summed E-state index contributed by atoms with van der Waals surface area (Å²) in [5, 5.41) is 11.1. The van der Waals surface area contributed by atoms with Crippen LogP contribution in [0.15, 0.2) is 0 Å². The van der Waals surface area contributed by atoms with Crippen LogP contribution < -0.4 is 4.90 Å². The summed E-state index contributed by atoms with van der Waals surface area (Å²) in [7, 11) is 1.70. The van der Waals surface area contributed by atoms with Crippen molar-refractivity contribution in [2.24, 2.45) is 0 Å². The summed E-state index contributed by atoms with van der Waals surface area (Å²) in [5.74, 6) is 0.204. The van der Waals surface area contributed by atoms with Crippen molar-refractivity contribution in [1.82, 2.24) is 9.97 Å². The molecule has 0 saturated heterocycles. The molecule has 0 bridgehead atoms. The minimum Gasteiger partial charge on any atom is -0.377 e. The highest BCUT2D eigenvalue weighted by Gasteiger charge is 2.24. The summed E-state index contributed by atoms with van der Waals surface area (Å²) in [6.45, 7) is 6.31. The van der Waals surface area contributed by atoms with Crippen LogP contribution >= 0.6 is 11.6 Å². The zero-order valence-corrected chi connectivity index (χ0v) is 12.1. The molecule has 0 aromatic carbocycles. The van der Waals surface area contributed by atoms with E-state index in [2.05, 4.69) is 9.97 Å². The van der Waals surface area contributed by atoms with Crippen molar-refractivity contribution >= 4 is 23.1 Å². The highest BCUT2D eigenvalue weighted by molar-refractivity contribution is 6.28. The lowest BCUT2D eigenvalue weighted by Gasteiger charge is -2.19. The number of anilines is 1. The van der Waals surface area contributed by atoms with E-state index in [0.717, 1.165) is 0 Å². The lowest BCUT2D eigenvalue weighted by Crippen LogP contribution is -2.26. The smallest absolute Gasteiger partial charge is 0.332 e. The van der Waals surface area contributed by atoms with Gasteiger partial charge in [-0.25, -0.2) is 4.98 Å². The van der Waals surface area contributed by atoms with Gasteiger partial charge in [-0.15, -0.1) is 0 Å². The van der Waals surface area contributed by atoms with Crippen molar-refractivity contribution in [1.29, 1.82) is 0 Å². The Bertz CT molecular complexity index is 467. The maximum atomic E-state index is 11.1. The van der Waals surface area contributed by atoms with E-state index in [1.165, 1.54) is 6.92 Å². The Morgan fingerprint density at radius 1 is 1.47 bits per heavy atom. The molecule has 0 atom stereocenters. The monoisotopic (exact) mass is 288 g/mol. The number of nitrogens with zero attached hydrogens (tertiary/aromatic N) is 4.